The third-order valence-electron chi connectivity index (χ3n) is 11.2. The molecule has 2 atom stereocenters. The summed E-state index contributed by atoms with van der Waals surface area (Å²) >= 11 is 0. The molecule has 0 saturated carbocycles. The lowest BCUT2D eigenvalue weighted by molar-refractivity contribution is -0.123. The van der Waals surface area contributed by atoms with Gasteiger partial charge in [0.05, 0.1) is 18.8 Å². The molecule has 0 aliphatic rings. The van der Waals surface area contributed by atoms with Gasteiger partial charge in [-0.1, -0.05) is 241 Å². The van der Waals surface area contributed by atoms with Crippen molar-refractivity contribution in [2.24, 2.45) is 0 Å². The van der Waals surface area contributed by atoms with E-state index < -0.39 is 12.1 Å². The Morgan fingerprint density at radius 1 is 0.431 bits per heavy atom. The molecule has 0 saturated heterocycles. The van der Waals surface area contributed by atoms with Crippen LogP contribution in [0.3, 0.4) is 0 Å². The summed E-state index contributed by atoms with van der Waals surface area (Å²) in [6.45, 7) is 4.19. The highest BCUT2D eigenvalue weighted by Gasteiger charge is 2.17. The number of rotatable bonds is 45. The third kappa shape index (κ3) is 44.9. The van der Waals surface area contributed by atoms with Gasteiger partial charge in [0.15, 0.2) is 0 Å². The molecule has 0 aromatic rings. The summed E-state index contributed by atoms with van der Waals surface area (Å²) in [5, 5.41) is 23.1. The molecule has 0 heterocycles. The lowest BCUT2D eigenvalue weighted by atomic mass is 10.0. The highest BCUT2D eigenvalue weighted by atomic mass is 16.3. The van der Waals surface area contributed by atoms with Crippen molar-refractivity contribution in [2.75, 3.05) is 6.61 Å². The highest BCUT2D eigenvalue weighted by Crippen LogP contribution is 2.15. The van der Waals surface area contributed by atoms with E-state index in [1.807, 2.05) is 6.08 Å². The van der Waals surface area contributed by atoms with Crippen molar-refractivity contribution in [3.63, 3.8) is 0 Å². The van der Waals surface area contributed by atoms with E-state index in [2.05, 4.69) is 79.9 Å². The predicted octanol–water partition coefficient (Wildman–Crippen LogP) is 16.2. The van der Waals surface area contributed by atoms with Crippen LogP contribution in [0, 0.1) is 0 Å². The predicted molar refractivity (Wildman–Crippen MR) is 257 cm³/mol. The largest absolute Gasteiger partial charge is 0.394 e. The van der Waals surface area contributed by atoms with Crippen LogP contribution in [0.5, 0.6) is 0 Å². The second kappa shape index (κ2) is 49.2. The average molecular weight is 808 g/mol. The van der Waals surface area contributed by atoms with Crippen molar-refractivity contribution in [1.29, 1.82) is 0 Å². The summed E-state index contributed by atoms with van der Waals surface area (Å²) < 4.78 is 0. The Morgan fingerprint density at radius 2 is 0.776 bits per heavy atom. The molecule has 0 aliphatic heterocycles. The van der Waals surface area contributed by atoms with E-state index >= 15 is 0 Å². The molecule has 0 aromatic carbocycles. The van der Waals surface area contributed by atoms with Gasteiger partial charge in [0, 0.05) is 6.42 Å². The number of aliphatic hydroxyl groups excluding tert-OH is 2. The molecule has 0 bridgehead atoms. The number of hydrogen-bond acceptors (Lipinski definition) is 3. The Labute approximate surface area is 361 Å². The minimum Gasteiger partial charge on any atom is -0.394 e. The molecule has 4 nitrogen and oxygen atoms in total. The molecule has 3 N–H and O–H groups in total. The summed E-state index contributed by atoms with van der Waals surface area (Å²) in [4.78, 5) is 12.4. The van der Waals surface area contributed by atoms with Crippen LogP contribution in [0.1, 0.15) is 245 Å². The monoisotopic (exact) mass is 808 g/mol. The van der Waals surface area contributed by atoms with Crippen LogP contribution < -0.4 is 5.32 Å². The lowest BCUT2D eigenvalue weighted by Crippen LogP contribution is -2.45. The lowest BCUT2D eigenvalue weighted by Gasteiger charge is -2.19. The van der Waals surface area contributed by atoms with Gasteiger partial charge in [-0.15, -0.1) is 0 Å². The molecule has 58 heavy (non-hydrogen) atoms. The number of allylic oxidation sites excluding steroid dienone is 11. The van der Waals surface area contributed by atoms with Gasteiger partial charge in [-0.3, -0.25) is 4.79 Å². The van der Waals surface area contributed by atoms with E-state index in [1.54, 1.807) is 6.08 Å². The van der Waals surface area contributed by atoms with Gasteiger partial charge in [-0.2, -0.15) is 0 Å². The van der Waals surface area contributed by atoms with Gasteiger partial charge in [0.1, 0.15) is 0 Å². The van der Waals surface area contributed by atoms with Crippen LogP contribution in [0.2, 0.25) is 0 Å². The Morgan fingerprint density at radius 3 is 1.21 bits per heavy atom. The fourth-order valence-electron chi connectivity index (χ4n) is 7.36. The first-order chi connectivity index (χ1) is 28.7. The molecule has 0 rings (SSSR count). The summed E-state index contributed by atoms with van der Waals surface area (Å²) in [6, 6.07) is -0.645. The molecule has 1 amide bonds. The van der Waals surface area contributed by atoms with E-state index in [1.165, 1.54) is 167 Å². The maximum Gasteiger partial charge on any atom is 0.220 e. The topological polar surface area (TPSA) is 69.6 Å². The van der Waals surface area contributed by atoms with Crippen molar-refractivity contribution >= 4 is 5.91 Å². The zero-order chi connectivity index (χ0) is 42.1. The SMILES string of the molecule is CC/C=C\C/C=C\C/C=C\C/C=C\CCCCCCCCCCCCC(=O)NC(CO)C(O)/C=C/CC/C=C/CCCCCCCCCCCCCCCCCCC. The van der Waals surface area contributed by atoms with Crippen LogP contribution in [0.15, 0.2) is 72.9 Å². The van der Waals surface area contributed by atoms with E-state index in [-0.39, 0.29) is 12.5 Å². The second-order valence-electron chi connectivity index (χ2n) is 16.8. The number of carbonyl (C=O) groups is 1. The number of hydrogen-bond donors (Lipinski definition) is 3. The molecule has 0 radical (unpaired) electrons. The summed E-state index contributed by atoms with van der Waals surface area (Å²) in [5.41, 5.74) is 0. The molecule has 0 aromatic heterocycles. The van der Waals surface area contributed by atoms with E-state index in [0.717, 1.165) is 57.8 Å². The van der Waals surface area contributed by atoms with E-state index in [0.29, 0.717) is 6.42 Å². The zero-order valence-corrected chi connectivity index (χ0v) is 38.5. The van der Waals surface area contributed by atoms with Crippen LogP contribution in [-0.2, 0) is 4.79 Å². The van der Waals surface area contributed by atoms with Crippen molar-refractivity contribution in [2.45, 2.75) is 257 Å². The summed E-state index contributed by atoms with van der Waals surface area (Å²) in [7, 11) is 0. The minimum atomic E-state index is -0.868. The normalized spacial score (nSPS) is 13.5. The number of amides is 1. The molecule has 336 valence electrons. The highest BCUT2D eigenvalue weighted by molar-refractivity contribution is 5.76. The molecular weight excluding hydrogens is 711 g/mol. The molecule has 2 unspecified atom stereocenters. The molecule has 0 fully saturated rings. The summed E-state index contributed by atoms with van der Waals surface area (Å²) in [5.74, 6) is -0.0796. The van der Waals surface area contributed by atoms with Crippen LogP contribution >= 0.6 is 0 Å². The Balaban J connectivity index is 3.59. The van der Waals surface area contributed by atoms with E-state index in [4.69, 9.17) is 0 Å². The number of aliphatic hydroxyl groups is 2. The van der Waals surface area contributed by atoms with Gasteiger partial charge in [-0.25, -0.2) is 0 Å². The second-order valence-corrected chi connectivity index (χ2v) is 16.8. The van der Waals surface area contributed by atoms with Crippen LogP contribution in [-0.4, -0.2) is 34.9 Å². The van der Waals surface area contributed by atoms with Crippen molar-refractivity contribution in [3.05, 3.63) is 72.9 Å². The maximum atomic E-state index is 12.4. The minimum absolute atomic E-state index is 0.0796. The van der Waals surface area contributed by atoms with Gasteiger partial charge >= 0.3 is 0 Å². The van der Waals surface area contributed by atoms with Crippen molar-refractivity contribution in [3.8, 4) is 0 Å². The number of nitrogens with one attached hydrogen (secondary N) is 1. The molecule has 0 aliphatic carbocycles. The number of unbranched alkanes of at least 4 members (excludes halogenated alkanes) is 28. The number of carbonyl (C=O) groups excluding carboxylic acids is 1. The van der Waals surface area contributed by atoms with Crippen LogP contribution in [0.4, 0.5) is 0 Å². The van der Waals surface area contributed by atoms with Gasteiger partial charge in [-0.05, 0) is 70.6 Å². The molecular formula is C54H97NO3. The van der Waals surface area contributed by atoms with Gasteiger partial charge in [0.2, 0.25) is 5.91 Å². The van der Waals surface area contributed by atoms with Gasteiger partial charge < -0.3 is 15.5 Å². The quantitative estimate of drug-likeness (QED) is 0.0424. The molecule has 4 heteroatoms. The third-order valence-corrected chi connectivity index (χ3v) is 11.2. The van der Waals surface area contributed by atoms with Gasteiger partial charge in [0.25, 0.3) is 0 Å². The van der Waals surface area contributed by atoms with Crippen molar-refractivity contribution < 1.29 is 15.0 Å². The first-order valence-electron chi connectivity index (χ1n) is 25.2. The Hall–Kier alpha value is -2.17. The Kier molecular flexibility index (Phi) is 47.4. The fourth-order valence-corrected chi connectivity index (χ4v) is 7.36. The standard InChI is InChI=1S/C54H97NO3/c1-3-5-7-9-11-13-15-17-19-21-23-25-27-29-31-33-35-37-39-41-43-45-47-49-53(57)52(51-56)55-54(58)50-48-46-44-42-40-38-36-34-32-30-28-26-24-22-20-18-16-14-12-10-8-6-4-2/h6,8,12,14,18,20,24,26,39,41,47,49,52-53,56-57H,3-5,7,9-11,13,15-17,19,21-23,25,27-38,40,42-46,48,50-51H2,1-2H3,(H,55,58)/b8-6-,14-12-,20-18-,26-24-,41-39+,49-47+. The molecule has 0 spiro atoms. The Bertz CT molecular complexity index is 1010. The van der Waals surface area contributed by atoms with Crippen LogP contribution in [0.25, 0.3) is 0 Å². The fraction of sp³-hybridized carbons (Fsp3) is 0.759. The zero-order valence-electron chi connectivity index (χ0n) is 38.5. The maximum absolute atomic E-state index is 12.4. The first kappa shape index (κ1) is 55.8. The first-order valence-corrected chi connectivity index (χ1v) is 25.2. The smallest absolute Gasteiger partial charge is 0.220 e. The average Bonchev–Trinajstić information content (AvgIpc) is 3.23. The van der Waals surface area contributed by atoms with Crippen molar-refractivity contribution in [1.82, 2.24) is 5.32 Å². The van der Waals surface area contributed by atoms with E-state index in [9.17, 15) is 15.0 Å². The summed E-state index contributed by atoms with van der Waals surface area (Å²) in [6.07, 6.45) is 70.3.